The molecule has 4 rings (SSSR count). The van der Waals surface area contributed by atoms with Gasteiger partial charge in [-0.3, -0.25) is 9.89 Å². The number of benzene rings is 1. The maximum atomic E-state index is 12.6. The van der Waals surface area contributed by atoms with Gasteiger partial charge in [0, 0.05) is 56.1 Å². The van der Waals surface area contributed by atoms with E-state index >= 15 is 0 Å². The van der Waals surface area contributed by atoms with Crippen molar-refractivity contribution < 1.29 is 9.53 Å². The smallest absolute Gasteiger partial charge is 0.272 e. The zero-order valence-corrected chi connectivity index (χ0v) is 15.4. The van der Waals surface area contributed by atoms with Gasteiger partial charge in [-0.25, -0.2) is 0 Å². The van der Waals surface area contributed by atoms with Crippen molar-refractivity contribution in [2.24, 2.45) is 0 Å². The summed E-state index contributed by atoms with van der Waals surface area (Å²) in [5.74, 6) is -0.127. The average molecular weight is 378 g/mol. The van der Waals surface area contributed by atoms with Crippen LogP contribution in [0.2, 0.25) is 0 Å². The SMILES string of the molecule is Cl.O=C(NCc1ccccc1N1CCOCC1)c1n[nH]c2c1CNCC2. The molecule has 2 aliphatic rings. The molecule has 3 heterocycles. The van der Waals surface area contributed by atoms with Crippen LogP contribution in [-0.4, -0.2) is 49.0 Å². The van der Waals surface area contributed by atoms with E-state index in [9.17, 15) is 4.79 Å². The summed E-state index contributed by atoms with van der Waals surface area (Å²) < 4.78 is 5.43. The number of morpholine rings is 1. The van der Waals surface area contributed by atoms with Crippen LogP contribution in [0.15, 0.2) is 24.3 Å². The largest absolute Gasteiger partial charge is 0.378 e. The zero-order chi connectivity index (χ0) is 17.1. The molecule has 1 amide bonds. The van der Waals surface area contributed by atoms with Crippen molar-refractivity contribution in [1.82, 2.24) is 20.8 Å². The van der Waals surface area contributed by atoms with Gasteiger partial charge < -0.3 is 20.3 Å². The Labute approximate surface area is 158 Å². The molecule has 8 heteroatoms. The normalized spacial score (nSPS) is 16.5. The van der Waals surface area contributed by atoms with Gasteiger partial charge in [-0.05, 0) is 11.6 Å². The quantitative estimate of drug-likeness (QED) is 0.747. The number of anilines is 1. The van der Waals surface area contributed by atoms with E-state index < -0.39 is 0 Å². The van der Waals surface area contributed by atoms with Gasteiger partial charge in [0.25, 0.3) is 5.91 Å². The molecule has 0 aliphatic carbocycles. The Balaban J connectivity index is 0.00000196. The van der Waals surface area contributed by atoms with Gasteiger partial charge in [-0.15, -0.1) is 12.4 Å². The number of carbonyl (C=O) groups is 1. The number of nitrogens with zero attached hydrogens (tertiary/aromatic N) is 2. The summed E-state index contributed by atoms with van der Waals surface area (Å²) in [6, 6.07) is 8.21. The van der Waals surface area contributed by atoms with Crippen molar-refractivity contribution >= 4 is 24.0 Å². The van der Waals surface area contributed by atoms with Crippen molar-refractivity contribution in [3.8, 4) is 0 Å². The van der Waals surface area contributed by atoms with Crippen LogP contribution < -0.4 is 15.5 Å². The number of para-hydroxylation sites is 1. The lowest BCUT2D eigenvalue weighted by Gasteiger charge is -2.30. The first-order valence-corrected chi connectivity index (χ1v) is 8.78. The molecule has 0 bridgehead atoms. The lowest BCUT2D eigenvalue weighted by atomic mass is 10.1. The zero-order valence-electron chi connectivity index (χ0n) is 14.6. The predicted molar refractivity (Wildman–Crippen MR) is 102 cm³/mol. The Morgan fingerprint density at radius 1 is 1.27 bits per heavy atom. The van der Waals surface area contributed by atoms with Gasteiger partial charge in [-0.2, -0.15) is 5.10 Å². The molecule has 2 aromatic rings. The Morgan fingerprint density at radius 3 is 2.92 bits per heavy atom. The van der Waals surface area contributed by atoms with Gasteiger partial charge >= 0.3 is 0 Å². The first-order chi connectivity index (χ1) is 12.3. The third-order valence-corrected chi connectivity index (χ3v) is 4.80. The van der Waals surface area contributed by atoms with E-state index in [0.717, 1.165) is 61.8 Å². The molecule has 26 heavy (non-hydrogen) atoms. The topological polar surface area (TPSA) is 82.3 Å². The minimum Gasteiger partial charge on any atom is -0.378 e. The van der Waals surface area contributed by atoms with Crippen LogP contribution >= 0.6 is 12.4 Å². The molecule has 0 radical (unpaired) electrons. The third kappa shape index (κ3) is 3.85. The van der Waals surface area contributed by atoms with E-state index in [1.807, 2.05) is 12.1 Å². The molecule has 0 unspecified atom stereocenters. The molecular weight excluding hydrogens is 354 g/mol. The fourth-order valence-corrected chi connectivity index (χ4v) is 3.45. The Morgan fingerprint density at radius 2 is 2.08 bits per heavy atom. The van der Waals surface area contributed by atoms with E-state index in [4.69, 9.17) is 4.74 Å². The number of aromatic nitrogens is 2. The summed E-state index contributed by atoms with van der Waals surface area (Å²) in [4.78, 5) is 14.9. The monoisotopic (exact) mass is 377 g/mol. The Hall–Kier alpha value is -2.09. The van der Waals surface area contributed by atoms with Gasteiger partial charge in [0.15, 0.2) is 5.69 Å². The molecule has 140 valence electrons. The fraction of sp³-hybridized carbons (Fsp3) is 0.444. The first kappa shape index (κ1) is 18.7. The lowest BCUT2D eigenvalue weighted by Crippen LogP contribution is -2.37. The predicted octanol–water partition coefficient (Wildman–Crippen LogP) is 1.24. The van der Waals surface area contributed by atoms with E-state index in [1.165, 1.54) is 0 Å². The fourth-order valence-electron chi connectivity index (χ4n) is 3.45. The van der Waals surface area contributed by atoms with Gasteiger partial charge in [0.05, 0.1) is 13.2 Å². The number of amides is 1. The van der Waals surface area contributed by atoms with Crippen molar-refractivity contribution in [1.29, 1.82) is 0 Å². The molecule has 0 atom stereocenters. The number of hydrogen-bond acceptors (Lipinski definition) is 5. The molecule has 1 aromatic carbocycles. The van der Waals surface area contributed by atoms with Crippen molar-refractivity contribution in [2.75, 3.05) is 37.7 Å². The minimum atomic E-state index is -0.127. The third-order valence-electron chi connectivity index (χ3n) is 4.80. The number of hydrogen-bond donors (Lipinski definition) is 3. The maximum absolute atomic E-state index is 12.6. The van der Waals surface area contributed by atoms with Crippen LogP contribution in [0.1, 0.15) is 27.3 Å². The lowest BCUT2D eigenvalue weighted by molar-refractivity contribution is 0.0944. The van der Waals surface area contributed by atoms with Gasteiger partial charge in [0.1, 0.15) is 0 Å². The summed E-state index contributed by atoms with van der Waals surface area (Å²) in [5.41, 5.74) is 4.84. The standard InChI is InChI=1S/C18H23N5O2.ClH/c24-18(17-14-12-19-6-5-15(14)21-22-17)20-11-13-3-1-2-4-16(13)23-7-9-25-10-8-23;/h1-4,19H,5-12H2,(H,20,24)(H,21,22);1H. The van der Waals surface area contributed by atoms with E-state index in [2.05, 4.69) is 37.9 Å². The minimum absolute atomic E-state index is 0. The second-order valence-corrected chi connectivity index (χ2v) is 6.37. The Kier molecular flexibility index (Phi) is 6.13. The molecule has 1 aromatic heterocycles. The van der Waals surface area contributed by atoms with Crippen LogP contribution in [0.4, 0.5) is 5.69 Å². The van der Waals surface area contributed by atoms with Crippen LogP contribution in [0.5, 0.6) is 0 Å². The number of fused-ring (bicyclic) bond motifs is 1. The number of halogens is 1. The molecule has 3 N–H and O–H groups in total. The molecular formula is C18H24ClN5O2. The number of rotatable bonds is 4. The number of carbonyl (C=O) groups excluding carboxylic acids is 1. The van der Waals surface area contributed by atoms with Gasteiger partial charge in [-0.1, -0.05) is 18.2 Å². The van der Waals surface area contributed by atoms with Crippen LogP contribution in [0.3, 0.4) is 0 Å². The highest BCUT2D eigenvalue weighted by Gasteiger charge is 2.22. The summed E-state index contributed by atoms with van der Waals surface area (Å²) in [7, 11) is 0. The number of ether oxygens (including phenoxy) is 1. The molecule has 0 spiro atoms. The molecule has 7 nitrogen and oxygen atoms in total. The second-order valence-electron chi connectivity index (χ2n) is 6.37. The van der Waals surface area contributed by atoms with Crippen LogP contribution in [0, 0.1) is 0 Å². The molecule has 0 saturated carbocycles. The maximum Gasteiger partial charge on any atom is 0.272 e. The summed E-state index contributed by atoms with van der Waals surface area (Å²) in [6.07, 6.45) is 0.884. The number of nitrogens with one attached hydrogen (secondary N) is 3. The van der Waals surface area contributed by atoms with Gasteiger partial charge in [0.2, 0.25) is 0 Å². The van der Waals surface area contributed by atoms with Crippen molar-refractivity contribution in [2.45, 2.75) is 19.5 Å². The summed E-state index contributed by atoms with van der Waals surface area (Å²) in [6.45, 7) is 5.34. The summed E-state index contributed by atoms with van der Waals surface area (Å²) >= 11 is 0. The molecule has 1 fully saturated rings. The highest BCUT2D eigenvalue weighted by atomic mass is 35.5. The first-order valence-electron chi connectivity index (χ1n) is 8.78. The number of H-pyrrole nitrogens is 1. The second kappa shape index (κ2) is 8.53. The Bertz CT molecular complexity index is 758. The van der Waals surface area contributed by atoms with Crippen molar-refractivity contribution in [3.63, 3.8) is 0 Å². The molecule has 2 aliphatic heterocycles. The highest BCUT2D eigenvalue weighted by molar-refractivity contribution is 5.94. The number of aromatic amines is 1. The van der Waals surface area contributed by atoms with Crippen LogP contribution in [0.25, 0.3) is 0 Å². The van der Waals surface area contributed by atoms with E-state index in [-0.39, 0.29) is 18.3 Å². The van der Waals surface area contributed by atoms with Crippen molar-refractivity contribution in [3.05, 3.63) is 46.8 Å². The summed E-state index contributed by atoms with van der Waals surface area (Å²) in [5, 5.41) is 13.5. The van der Waals surface area contributed by atoms with Crippen LogP contribution in [-0.2, 0) is 24.2 Å². The molecule has 1 saturated heterocycles. The van der Waals surface area contributed by atoms with E-state index in [1.54, 1.807) is 0 Å². The van der Waals surface area contributed by atoms with E-state index in [0.29, 0.717) is 18.8 Å². The highest BCUT2D eigenvalue weighted by Crippen LogP contribution is 2.22. The average Bonchev–Trinajstić information content (AvgIpc) is 3.11.